The summed E-state index contributed by atoms with van der Waals surface area (Å²) >= 11 is 4.48. The molecule has 7 heteroatoms. The van der Waals surface area contributed by atoms with Crippen molar-refractivity contribution in [3.8, 4) is 0 Å². The number of para-hydroxylation sites is 1. The lowest BCUT2D eigenvalue weighted by Crippen LogP contribution is -2.14. The molecule has 88 valence electrons. The van der Waals surface area contributed by atoms with Gasteiger partial charge in [0.2, 0.25) is 0 Å². The molecule has 0 spiro atoms. The highest BCUT2D eigenvalue weighted by Crippen LogP contribution is 2.24. The van der Waals surface area contributed by atoms with Gasteiger partial charge in [0.1, 0.15) is 5.82 Å². The smallest absolute Gasteiger partial charge is 0.259 e. The summed E-state index contributed by atoms with van der Waals surface area (Å²) in [6.07, 6.45) is 1.56. The van der Waals surface area contributed by atoms with Crippen LogP contribution in [0.3, 0.4) is 0 Å². The molecule has 0 aliphatic carbocycles. The summed E-state index contributed by atoms with van der Waals surface area (Å²) in [5.41, 5.74) is 5.41. The van der Waals surface area contributed by atoms with E-state index in [1.807, 2.05) is 0 Å². The molecule has 0 fully saturated rings. The minimum Gasteiger partial charge on any atom is -0.396 e. The molecule has 3 N–H and O–H groups in total. The van der Waals surface area contributed by atoms with Crippen LogP contribution in [0.5, 0.6) is 0 Å². The van der Waals surface area contributed by atoms with E-state index in [4.69, 9.17) is 5.73 Å². The predicted molar refractivity (Wildman–Crippen MR) is 68.6 cm³/mol. The van der Waals surface area contributed by atoms with Gasteiger partial charge in [-0.05, 0) is 28.1 Å². The fourth-order valence-corrected chi connectivity index (χ4v) is 2.31. The topological polar surface area (TPSA) is 68.0 Å². The third-order valence-electron chi connectivity index (χ3n) is 2.00. The number of rotatable bonds is 2. The Morgan fingerprint density at radius 1 is 1.53 bits per heavy atom. The summed E-state index contributed by atoms with van der Waals surface area (Å²) in [4.78, 5) is 15.7. The lowest BCUT2D eigenvalue weighted by molar-refractivity contribution is 0.102. The van der Waals surface area contributed by atoms with Crippen molar-refractivity contribution in [1.29, 1.82) is 0 Å². The van der Waals surface area contributed by atoms with E-state index >= 15 is 0 Å². The Morgan fingerprint density at radius 3 is 2.94 bits per heavy atom. The first kappa shape index (κ1) is 12.0. The highest BCUT2D eigenvalue weighted by atomic mass is 79.9. The molecule has 2 aromatic rings. The van der Waals surface area contributed by atoms with Crippen molar-refractivity contribution in [2.45, 2.75) is 0 Å². The van der Waals surface area contributed by atoms with Gasteiger partial charge in [-0.15, -0.1) is 0 Å². The average Bonchev–Trinajstić information content (AvgIpc) is 2.68. The van der Waals surface area contributed by atoms with Crippen LogP contribution in [-0.2, 0) is 0 Å². The van der Waals surface area contributed by atoms with Crippen molar-refractivity contribution in [3.63, 3.8) is 0 Å². The molecular formula is C10H7BrFN3OS. The lowest BCUT2D eigenvalue weighted by atomic mass is 10.1. The number of halogens is 2. The lowest BCUT2D eigenvalue weighted by Gasteiger charge is -2.05. The Kier molecular flexibility index (Phi) is 3.39. The van der Waals surface area contributed by atoms with Crippen molar-refractivity contribution < 1.29 is 9.18 Å². The zero-order valence-electron chi connectivity index (χ0n) is 8.41. The number of nitrogens with zero attached hydrogens (tertiary/aromatic N) is 1. The molecule has 0 saturated carbocycles. The van der Waals surface area contributed by atoms with Crippen molar-refractivity contribution in [1.82, 2.24) is 4.98 Å². The van der Waals surface area contributed by atoms with Gasteiger partial charge in [-0.25, -0.2) is 9.37 Å². The number of nitrogens with two attached hydrogens (primary N) is 1. The number of hydrogen-bond acceptors (Lipinski definition) is 4. The molecule has 0 bridgehead atoms. The number of nitrogen functional groups attached to an aromatic ring is 1. The second-order valence-corrected chi connectivity index (χ2v) is 5.53. The molecule has 0 atom stereocenters. The number of amides is 1. The molecular weight excluding hydrogens is 309 g/mol. The average molecular weight is 316 g/mol. The number of nitrogens with one attached hydrogen (secondary N) is 1. The first-order chi connectivity index (χ1) is 8.08. The van der Waals surface area contributed by atoms with Crippen molar-refractivity contribution in [2.24, 2.45) is 0 Å². The molecule has 0 aliphatic heterocycles. The van der Waals surface area contributed by atoms with E-state index in [9.17, 15) is 9.18 Å². The number of hydrogen-bond donors (Lipinski definition) is 2. The normalized spacial score (nSPS) is 10.2. The van der Waals surface area contributed by atoms with Gasteiger partial charge in [0.05, 0.1) is 21.2 Å². The van der Waals surface area contributed by atoms with Crippen LogP contribution in [0, 0.1) is 5.82 Å². The van der Waals surface area contributed by atoms with Gasteiger partial charge >= 0.3 is 0 Å². The standard InChI is InChI=1S/C10H7BrFN3OS/c11-7-4-14-10(17-7)15-9(16)5-2-1-3-6(12)8(5)13/h1-4H,13H2,(H,14,15,16). The van der Waals surface area contributed by atoms with Gasteiger partial charge in [-0.1, -0.05) is 17.4 Å². The number of carbonyl (C=O) groups excluding carboxylic acids is 1. The van der Waals surface area contributed by atoms with Crippen molar-refractivity contribution >= 4 is 44.0 Å². The summed E-state index contributed by atoms with van der Waals surface area (Å²) in [7, 11) is 0. The maximum Gasteiger partial charge on any atom is 0.259 e. The van der Waals surface area contributed by atoms with E-state index in [0.717, 1.165) is 3.79 Å². The van der Waals surface area contributed by atoms with Gasteiger partial charge in [0, 0.05) is 0 Å². The van der Waals surface area contributed by atoms with Crippen LogP contribution in [-0.4, -0.2) is 10.9 Å². The number of thiazole rings is 1. The third-order valence-corrected chi connectivity index (χ3v) is 3.39. The van der Waals surface area contributed by atoms with Crippen LogP contribution in [0.2, 0.25) is 0 Å². The van der Waals surface area contributed by atoms with Crippen molar-refractivity contribution in [3.05, 3.63) is 39.6 Å². The van der Waals surface area contributed by atoms with Gasteiger partial charge in [-0.2, -0.15) is 0 Å². The van der Waals surface area contributed by atoms with E-state index in [-0.39, 0.29) is 11.3 Å². The molecule has 0 saturated heterocycles. The summed E-state index contributed by atoms with van der Waals surface area (Å²) in [5, 5.41) is 2.96. The van der Waals surface area contributed by atoms with Gasteiger partial charge in [0.15, 0.2) is 5.13 Å². The fraction of sp³-hybridized carbons (Fsp3) is 0. The Balaban J connectivity index is 2.23. The third kappa shape index (κ3) is 2.62. The van der Waals surface area contributed by atoms with Gasteiger partial charge in [0.25, 0.3) is 5.91 Å². The summed E-state index contributed by atoms with van der Waals surface area (Å²) in [5.74, 6) is -1.10. The van der Waals surface area contributed by atoms with E-state index < -0.39 is 11.7 Å². The molecule has 4 nitrogen and oxygen atoms in total. The Hall–Kier alpha value is -1.47. The van der Waals surface area contributed by atoms with E-state index in [1.54, 1.807) is 6.20 Å². The zero-order chi connectivity index (χ0) is 12.4. The molecule has 1 amide bonds. The highest BCUT2D eigenvalue weighted by Gasteiger charge is 2.13. The number of benzene rings is 1. The largest absolute Gasteiger partial charge is 0.396 e. The number of aromatic nitrogens is 1. The van der Waals surface area contributed by atoms with Gasteiger partial charge in [-0.3, -0.25) is 10.1 Å². The molecule has 2 rings (SSSR count). The second-order valence-electron chi connectivity index (χ2n) is 3.12. The number of carbonyl (C=O) groups is 1. The second kappa shape index (κ2) is 4.80. The molecule has 0 radical (unpaired) electrons. The quantitative estimate of drug-likeness (QED) is 0.837. The highest BCUT2D eigenvalue weighted by molar-refractivity contribution is 9.11. The van der Waals surface area contributed by atoms with Gasteiger partial charge < -0.3 is 5.73 Å². The molecule has 1 heterocycles. The van der Waals surface area contributed by atoms with E-state index in [0.29, 0.717) is 5.13 Å². The molecule has 0 aliphatic rings. The predicted octanol–water partition coefficient (Wildman–Crippen LogP) is 2.88. The maximum absolute atomic E-state index is 13.2. The van der Waals surface area contributed by atoms with Crippen LogP contribution in [0.1, 0.15) is 10.4 Å². The minimum atomic E-state index is -0.613. The first-order valence-corrected chi connectivity index (χ1v) is 6.15. The van der Waals surface area contributed by atoms with Crippen molar-refractivity contribution in [2.75, 3.05) is 11.1 Å². The van der Waals surface area contributed by atoms with Crippen LogP contribution in [0.25, 0.3) is 0 Å². The summed E-state index contributed by atoms with van der Waals surface area (Å²) in [6, 6.07) is 4.08. The van der Waals surface area contributed by atoms with Crippen LogP contribution < -0.4 is 11.1 Å². The summed E-state index contributed by atoms with van der Waals surface area (Å²) in [6.45, 7) is 0. The fourth-order valence-electron chi connectivity index (χ4n) is 1.21. The maximum atomic E-state index is 13.2. The van der Waals surface area contributed by atoms with E-state index in [1.165, 1.54) is 29.5 Å². The molecule has 17 heavy (non-hydrogen) atoms. The molecule has 1 aromatic carbocycles. The first-order valence-electron chi connectivity index (χ1n) is 4.54. The zero-order valence-corrected chi connectivity index (χ0v) is 10.8. The van der Waals surface area contributed by atoms with Crippen LogP contribution >= 0.6 is 27.3 Å². The Labute approximate surface area is 109 Å². The minimum absolute atomic E-state index is 0.0938. The molecule has 0 unspecified atom stereocenters. The van der Waals surface area contributed by atoms with Crippen LogP contribution in [0.4, 0.5) is 15.2 Å². The van der Waals surface area contributed by atoms with Crippen LogP contribution in [0.15, 0.2) is 28.2 Å². The van der Waals surface area contributed by atoms with E-state index in [2.05, 4.69) is 26.2 Å². The SMILES string of the molecule is Nc1c(F)cccc1C(=O)Nc1ncc(Br)s1. The summed E-state index contributed by atoms with van der Waals surface area (Å²) < 4.78 is 13.9. The molecule has 1 aromatic heterocycles. The number of anilines is 2. The Bertz CT molecular complexity index is 572. The Morgan fingerprint density at radius 2 is 2.29 bits per heavy atom. The monoisotopic (exact) mass is 315 g/mol.